The molecule has 16 heavy (non-hydrogen) atoms. The Morgan fingerprint density at radius 3 is 2.25 bits per heavy atom. The number of ether oxygens (including phenoxy) is 1. The summed E-state index contributed by atoms with van der Waals surface area (Å²) in [6.45, 7) is 7.42. The van der Waals surface area contributed by atoms with Crippen molar-refractivity contribution in [3.8, 4) is 0 Å². The van der Waals surface area contributed by atoms with Gasteiger partial charge in [-0.15, -0.1) is 0 Å². The molecule has 0 saturated heterocycles. The highest BCUT2D eigenvalue weighted by Crippen LogP contribution is 2.20. The summed E-state index contributed by atoms with van der Waals surface area (Å²) in [5, 5.41) is 0. The number of benzene rings is 1. The Balaban J connectivity index is 2.64. The van der Waals surface area contributed by atoms with Gasteiger partial charge in [0.1, 0.15) is 0 Å². The Morgan fingerprint density at radius 2 is 1.81 bits per heavy atom. The molecular formula is C12H20BrNOSi. The molecule has 1 aromatic carbocycles. The van der Waals surface area contributed by atoms with Crippen LogP contribution in [0.4, 0.5) is 0 Å². The minimum absolute atomic E-state index is 0.0276. The van der Waals surface area contributed by atoms with Gasteiger partial charge < -0.3 is 10.5 Å². The smallest absolute Gasteiger partial charge is 0.0942 e. The van der Waals surface area contributed by atoms with Gasteiger partial charge in [-0.3, -0.25) is 0 Å². The van der Waals surface area contributed by atoms with E-state index in [9.17, 15) is 0 Å². The van der Waals surface area contributed by atoms with Crippen LogP contribution < -0.4 is 5.73 Å². The molecule has 90 valence electrons. The van der Waals surface area contributed by atoms with Gasteiger partial charge in [0.15, 0.2) is 0 Å². The molecule has 0 radical (unpaired) electrons. The molecule has 0 aromatic heterocycles. The second-order valence-corrected chi connectivity index (χ2v) is 11.5. The van der Waals surface area contributed by atoms with Crippen molar-refractivity contribution in [3.05, 3.63) is 34.3 Å². The van der Waals surface area contributed by atoms with Crippen molar-refractivity contribution in [2.75, 3.05) is 12.8 Å². The minimum Gasteiger partial charge on any atom is -0.376 e. The van der Waals surface area contributed by atoms with Crippen LogP contribution in [0.5, 0.6) is 0 Å². The predicted octanol–water partition coefficient (Wildman–Crippen LogP) is 3.34. The standard InChI is InChI=1S/C12H20BrNOSi/c1-16(2,3)9-15-12(8-14)10-4-6-11(13)7-5-10/h4-7,12H,8-9,14H2,1-3H3. The van der Waals surface area contributed by atoms with Gasteiger partial charge in [-0.25, -0.2) is 0 Å². The fourth-order valence-corrected chi connectivity index (χ4v) is 2.29. The molecule has 1 aromatic rings. The van der Waals surface area contributed by atoms with Crippen molar-refractivity contribution >= 4 is 24.0 Å². The Bertz CT molecular complexity index is 321. The molecule has 2 N–H and O–H groups in total. The lowest BCUT2D eigenvalue weighted by Crippen LogP contribution is -2.31. The zero-order chi connectivity index (χ0) is 12.2. The first-order valence-electron chi connectivity index (χ1n) is 5.49. The van der Waals surface area contributed by atoms with Gasteiger partial charge in [-0.2, -0.15) is 0 Å². The van der Waals surface area contributed by atoms with E-state index in [4.69, 9.17) is 10.5 Å². The van der Waals surface area contributed by atoms with E-state index in [2.05, 4.69) is 47.7 Å². The molecule has 0 aliphatic rings. The monoisotopic (exact) mass is 301 g/mol. The van der Waals surface area contributed by atoms with Gasteiger partial charge in [0.2, 0.25) is 0 Å². The van der Waals surface area contributed by atoms with E-state index in [1.165, 1.54) is 0 Å². The first-order valence-corrected chi connectivity index (χ1v) is 9.99. The van der Waals surface area contributed by atoms with Crippen LogP contribution in [-0.4, -0.2) is 20.8 Å². The van der Waals surface area contributed by atoms with E-state index in [1.807, 2.05) is 12.1 Å². The van der Waals surface area contributed by atoms with Crippen LogP contribution in [-0.2, 0) is 4.74 Å². The minimum atomic E-state index is -1.17. The summed E-state index contributed by atoms with van der Waals surface area (Å²) in [4.78, 5) is 0. The van der Waals surface area contributed by atoms with Gasteiger partial charge in [-0.05, 0) is 17.7 Å². The van der Waals surface area contributed by atoms with E-state index in [0.717, 1.165) is 16.3 Å². The maximum absolute atomic E-state index is 5.90. The van der Waals surface area contributed by atoms with Crippen LogP contribution in [0.1, 0.15) is 11.7 Å². The highest BCUT2D eigenvalue weighted by Gasteiger charge is 2.17. The molecule has 0 amide bonds. The van der Waals surface area contributed by atoms with Crippen LogP contribution in [0.3, 0.4) is 0 Å². The van der Waals surface area contributed by atoms with Crippen molar-refractivity contribution < 1.29 is 4.74 Å². The van der Waals surface area contributed by atoms with Crippen molar-refractivity contribution in [1.82, 2.24) is 0 Å². The maximum Gasteiger partial charge on any atom is 0.0942 e. The number of nitrogens with two attached hydrogens (primary N) is 1. The molecule has 1 atom stereocenters. The number of hydrogen-bond donors (Lipinski definition) is 1. The third-order valence-corrected chi connectivity index (χ3v) is 3.73. The van der Waals surface area contributed by atoms with Crippen LogP contribution in [0.25, 0.3) is 0 Å². The highest BCUT2D eigenvalue weighted by molar-refractivity contribution is 9.10. The van der Waals surface area contributed by atoms with Crippen molar-refractivity contribution in [1.29, 1.82) is 0 Å². The molecule has 0 aliphatic carbocycles. The van der Waals surface area contributed by atoms with Crippen LogP contribution in [0.2, 0.25) is 19.6 Å². The van der Waals surface area contributed by atoms with Gasteiger partial charge in [0.05, 0.1) is 14.2 Å². The Hall–Kier alpha value is -0.163. The molecule has 0 aliphatic heterocycles. The van der Waals surface area contributed by atoms with E-state index in [-0.39, 0.29) is 6.10 Å². The first-order chi connectivity index (χ1) is 7.42. The molecule has 4 heteroatoms. The van der Waals surface area contributed by atoms with E-state index < -0.39 is 8.07 Å². The molecule has 1 unspecified atom stereocenters. The molecule has 0 fully saturated rings. The van der Waals surface area contributed by atoms with Crippen LogP contribution >= 0.6 is 15.9 Å². The van der Waals surface area contributed by atoms with E-state index in [0.29, 0.717) is 6.54 Å². The lowest BCUT2D eigenvalue weighted by Gasteiger charge is -2.22. The maximum atomic E-state index is 5.90. The van der Waals surface area contributed by atoms with E-state index >= 15 is 0 Å². The second kappa shape index (κ2) is 5.96. The number of rotatable bonds is 5. The van der Waals surface area contributed by atoms with Gasteiger partial charge >= 0.3 is 0 Å². The molecule has 0 spiro atoms. The summed E-state index contributed by atoms with van der Waals surface area (Å²) >= 11 is 3.42. The number of halogens is 1. The van der Waals surface area contributed by atoms with Crippen LogP contribution in [0, 0.1) is 0 Å². The summed E-state index contributed by atoms with van der Waals surface area (Å²) in [7, 11) is -1.17. The molecule has 2 nitrogen and oxygen atoms in total. The average molecular weight is 302 g/mol. The third-order valence-electron chi connectivity index (χ3n) is 2.17. The molecule has 1 rings (SSSR count). The highest BCUT2D eigenvalue weighted by atomic mass is 79.9. The summed E-state index contributed by atoms with van der Waals surface area (Å²) in [5.74, 6) is 0. The van der Waals surface area contributed by atoms with Crippen molar-refractivity contribution in [2.24, 2.45) is 5.73 Å². The van der Waals surface area contributed by atoms with Crippen molar-refractivity contribution in [2.45, 2.75) is 25.7 Å². The summed E-state index contributed by atoms with van der Waals surface area (Å²) in [6.07, 6.45) is 0.880. The quantitative estimate of drug-likeness (QED) is 0.847. The van der Waals surface area contributed by atoms with E-state index in [1.54, 1.807) is 0 Å². The SMILES string of the molecule is C[Si](C)(C)COC(CN)c1ccc(Br)cc1. The molecular weight excluding hydrogens is 282 g/mol. The molecule has 0 heterocycles. The Labute approximate surface area is 107 Å². The normalized spacial score (nSPS) is 13.8. The summed E-state index contributed by atoms with van der Waals surface area (Å²) < 4.78 is 6.98. The molecule has 0 saturated carbocycles. The zero-order valence-electron chi connectivity index (χ0n) is 10.2. The van der Waals surface area contributed by atoms with Gasteiger partial charge in [0, 0.05) is 17.2 Å². The van der Waals surface area contributed by atoms with Crippen LogP contribution in [0.15, 0.2) is 28.7 Å². The average Bonchev–Trinajstić information content (AvgIpc) is 2.20. The predicted molar refractivity (Wildman–Crippen MR) is 75.2 cm³/mol. The van der Waals surface area contributed by atoms with Gasteiger partial charge in [-0.1, -0.05) is 47.7 Å². The Morgan fingerprint density at radius 1 is 1.25 bits per heavy atom. The third kappa shape index (κ3) is 4.78. The fraction of sp³-hybridized carbons (Fsp3) is 0.500. The number of hydrogen-bond acceptors (Lipinski definition) is 2. The largest absolute Gasteiger partial charge is 0.376 e. The summed E-state index contributed by atoms with van der Waals surface area (Å²) in [6, 6.07) is 8.17. The lowest BCUT2D eigenvalue weighted by molar-refractivity contribution is 0.0894. The van der Waals surface area contributed by atoms with Crippen molar-refractivity contribution in [3.63, 3.8) is 0 Å². The second-order valence-electron chi connectivity index (χ2n) is 5.15. The first kappa shape index (κ1) is 13.9. The topological polar surface area (TPSA) is 35.2 Å². The lowest BCUT2D eigenvalue weighted by atomic mass is 10.1. The fourth-order valence-electron chi connectivity index (χ4n) is 1.33. The molecule has 0 bridgehead atoms. The summed E-state index contributed by atoms with van der Waals surface area (Å²) in [5.41, 5.74) is 6.91. The van der Waals surface area contributed by atoms with Gasteiger partial charge in [0.25, 0.3) is 0 Å². The zero-order valence-corrected chi connectivity index (χ0v) is 12.8. The Kier molecular flexibility index (Phi) is 5.18.